The van der Waals surface area contributed by atoms with Crippen LogP contribution in [0.2, 0.25) is 0 Å². The van der Waals surface area contributed by atoms with Crippen molar-refractivity contribution in [3.63, 3.8) is 0 Å². The molecule has 1 unspecified atom stereocenters. The SMILES string of the molecule is CC(CN1CCNCC1)C(=O)Nc1ccncc1. The molecule has 2 heterocycles. The van der Waals surface area contributed by atoms with Gasteiger partial charge in [0.15, 0.2) is 0 Å². The third-order valence-corrected chi connectivity index (χ3v) is 3.14. The fourth-order valence-corrected chi connectivity index (χ4v) is 2.06. The molecule has 0 bridgehead atoms. The summed E-state index contributed by atoms with van der Waals surface area (Å²) in [4.78, 5) is 18.3. The van der Waals surface area contributed by atoms with Gasteiger partial charge < -0.3 is 15.5 Å². The van der Waals surface area contributed by atoms with Crippen molar-refractivity contribution in [2.75, 3.05) is 38.0 Å². The molecule has 18 heavy (non-hydrogen) atoms. The lowest BCUT2D eigenvalue weighted by atomic mass is 10.1. The standard InChI is InChI=1S/C13H20N4O/c1-11(10-17-8-6-15-7-9-17)13(18)16-12-2-4-14-5-3-12/h2-5,11,15H,6-10H2,1H3,(H,14,16,18). The molecule has 1 aliphatic rings. The first-order valence-electron chi connectivity index (χ1n) is 6.39. The normalized spacial score (nSPS) is 18.3. The van der Waals surface area contributed by atoms with E-state index < -0.39 is 0 Å². The minimum absolute atomic E-state index is 0.00346. The molecule has 5 nitrogen and oxygen atoms in total. The fraction of sp³-hybridized carbons (Fsp3) is 0.538. The Morgan fingerprint density at radius 3 is 2.78 bits per heavy atom. The number of nitrogens with one attached hydrogen (secondary N) is 2. The second-order valence-electron chi connectivity index (χ2n) is 4.68. The first kappa shape index (κ1) is 13.0. The highest BCUT2D eigenvalue weighted by Gasteiger charge is 2.18. The molecule has 1 aromatic rings. The van der Waals surface area contributed by atoms with Crippen LogP contribution in [0.1, 0.15) is 6.92 Å². The van der Waals surface area contributed by atoms with Gasteiger partial charge in [0.2, 0.25) is 5.91 Å². The van der Waals surface area contributed by atoms with Crippen LogP contribution in [0.25, 0.3) is 0 Å². The zero-order valence-electron chi connectivity index (χ0n) is 10.7. The van der Waals surface area contributed by atoms with Gasteiger partial charge in [0, 0.05) is 56.7 Å². The molecule has 1 aromatic heterocycles. The van der Waals surface area contributed by atoms with E-state index in [2.05, 4.69) is 20.5 Å². The lowest BCUT2D eigenvalue weighted by Gasteiger charge is -2.29. The molecule has 1 amide bonds. The highest BCUT2D eigenvalue weighted by Crippen LogP contribution is 2.08. The van der Waals surface area contributed by atoms with Gasteiger partial charge in [-0.25, -0.2) is 0 Å². The first-order valence-corrected chi connectivity index (χ1v) is 6.39. The molecule has 1 aliphatic heterocycles. The summed E-state index contributed by atoms with van der Waals surface area (Å²) in [6, 6.07) is 3.60. The van der Waals surface area contributed by atoms with Crippen LogP contribution in [-0.4, -0.2) is 48.5 Å². The van der Waals surface area contributed by atoms with E-state index in [0.717, 1.165) is 38.4 Å². The Morgan fingerprint density at radius 2 is 2.11 bits per heavy atom. The van der Waals surface area contributed by atoms with Gasteiger partial charge >= 0.3 is 0 Å². The zero-order valence-corrected chi connectivity index (χ0v) is 10.7. The van der Waals surface area contributed by atoms with Crippen LogP contribution in [-0.2, 0) is 4.79 Å². The molecular weight excluding hydrogens is 228 g/mol. The van der Waals surface area contributed by atoms with E-state index >= 15 is 0 Å². The van der Waals surface area contributed by atoms with Gasteiger partial charge in [-0.05, 0) is 12.1 Å². The van der Waals surface area contributed by atoms with Gasteiger partial charge in [0.25, 0.3) is 0 Å². The molecule has 5 heteroatoms. The minimum Gasteiger partial charge on any atom is -0.326 e. The van der Waals surface area contributed by atoms with E-state index in [4.69, 9.17) is 0 Å². The van der Waals surface area contributed by atoms with Gasteiger partial charge in [0.1, 0.15) is 0 Å². The average Bonchev–Trinajstić information content (AvgIpc) is 2.41. The second kappa shape index (κ2) is 6.47. The van der Waals surface area contributed by atoms with Gasteiger partial charge in [-0.15, -0.1) is 0 Å². The smallest absolute Gasteiger partial charge is 0.228 e. The molecule has 0 spiro atoms. The molecule has 2 rings (SSSR count). The number of rotatable bonds is 4. The fourth-order valence-electron chi connectivity index (χ4n) is 2.06. The van der Waals surface area contributed by atoms with Gasteiger partial charge in [-0.1, -0.05) is 6.92 Å². The van der Waals surface area contributed by atoms with Crippen molar-refractivity contribution in [3.05, 3.63) is 24.5 Å². The largest absolute Gasteiger partial charge is 0.326 e. The van der Waals surface area contributed by atoms with E-state index in [9.17, 15) is 4.79 Å². The summed E-state index contributed by atoms with van der Waals surface area (Å²) in [7, 11) is 0. The zero-order chi connectivity index (χ0) is 12.8. The number of hydrogen-bond donors (Lipinski definition) is 2. The third kappa shape index (κ3) is 3.78. The quantitative estimate of drug-likeness (QED) is 0.817. The maximum Gasteiger partial charge on any atom is 0.228 e. The lowest BCUT2D eigenvalue weighted by molar-refractivity contribution is -0.120. The number of aromatic nitrogens is 1. The van der Waals surface area contributed by atoms with E-state index in [1.54, 1.807) is 24.5 Å². The van der Waals surface area contributed by atoms with Crippen LogP contribution in [0.5, 0.6) is 0 Å². The molecule has 1 fully saturated rings. The second-order valence-corrected chi connectivity index (χ2v) is 4.68. The topological polar surface area (TPSA) is 57.3 Å². The van der Waals surface area contributed by atoms with E-state index in [1.807, 2.05) is 6.92 Å². The van der Waals surface area contributed by atoms with E-state index in [-0.39, 0.29) is 11.8 Å². The number of anilines is 1. The van der Waals surface area contributed by atoms with Crippen LogP contribution in [0.3, 0.4) is 0 Å². The predicted molar refractivity (Wildman–Crippen MR) is 71.3 cm³/mol. The molecule has 2 N–H and O–H groups in total. The van der Waals surface area contributed by atoms with Crippen LogP contribution in [0.4, 0.5) is 5.69 Å². The molecule has 0 aliphatic carbocycles. The Kier molecular flexibility index (Phi) is 4.66. The van der Waals surface area contributed by atoms with Crippen LogP contribution in [0, 0.1) is 5.92 Å². The summed E-state index contributed by atoms with van der Waals surface area (Å²) in [5.74, 6) is 0.0657. The van der Waals surface area contributed by atoms with E-state index in [1.165, 1.54) is 0 Å². The number of nitrogens with zero attached hydrogens (tertiary/aromatic N) is 2. The van der Waals surface area contributed by atoms with Gasteiger partial charge in [-0.2, -0.15) is 0 Å². The molecule has 98 valence electrons. The van der Waals surface area contributed by atoms with Crippen molar-refractivity contribution in [2.45, 2.75) is 6.92 Å². The molecular formula is C13H20N4O. The van der Waals surface area contributed by atoms with Gasteiger partial charge in [0.05, 0.1) is 0 Å². The van der Waals surface area contributed by atoms with Crippen molar-refractivity contribution in [1.29, 1.82) is 0 Å². The van der Waals surface area contributed by atoms with Crippen molar-refractivity contribution in [1.82, 2.24) is 15.2 Å². The lowest BCUT2D eigenvalue weighted by Crippen LogP contribution is -2.46. The highest BCUT2D eigenvalue weighted by atomic mass is 16.1. The summed E-state index contributed by atoms with van der Waals surface area (Å²) in [5, 5.41) is 6.22. The molecule has 0 saturated carbocycles. The Morgan fingerprint density at radius 1 is 1.44 bits per heavy atom. The Bertz CT molecular complexity index is 376. The van der Waals surface area contributed by atoms with Crippen LogP contribution in [0.15, 0.2) is 24.5 Å². The van der Waals surface area contributed by atoms with Crippen molar-refractivity contribution >= 4 is 11.6 Å². The molecule has 1 atom stereocenters. The van der Waals surface area contributed by atoms with Crippen LogP contribution >= 0.6 is 0 Å². The Labute approximate surface area is 108 Å². The number of amides is 1. The monoisotopic (exact) mass is 248 g/mol. The number of carbonyl (C=O) groups excluding carboxylic acids is 1. The van der Waals surface area contributed by atoms with Crippen LogP contribution < -0.4 is 10.6 Å². The summed E-state index contributed by atoms with van der Waals surface area (Å²) < 4.78 is 0. The van der Waals surface area contributed by atoms with Crippen molar-refractivity contribution in [3.8, 4) is 0 Å². The van der Waals surface area contributed by atoms with Gasteiger partial charge in [-0.3, -0.25) is 9.78 Å². The average molecular weight is 248 g/mol. The molecule has 0 radical (unpaired) electrons. The van der Waals surface area contributed by atoms with Crippen molar-refractivity contribution < 1.29 is 4.79 Å². The maximum absolute atomic E-state index is 12.0. The summed E-state index contributed by atoms with van der Waals surface area (Å²) in [5.41, 5.74) is 0.808. The summed E-state index contributed by atoms with van der Waals surface area (Å²) >= 11 is 0. The summed E-state index contributed by atoms with van der Waals surface area (Å²) in [6.07, 6.45) is 3.35. The Hall–Kier alpha value is -1.46. The predicted octanol–water partition coefficient (Wildman–Crippen LogP) is 0.561. The maximum atomic E-state index is 12.0. The number of carbonyl (C=O) groups is 1. The number of pyridine rings is 1. The summed E-state index contributed by atoms with van der Waals surface area (Å²) in [6.45, 7) is 6.86. The number of hydrogen-bond acceptors (Lipinski definition) is 4. The Balaban J connectivity index is 1.81. The minimum atomic E-state index is -0.00346. The highest BCUT2D eigenvalue weighted by molar-refractivity contribution is 5.92. The third-order valence-electron chi connectivity index (χ3n) is 3.14. The number of piperazine rings is 1. The first-order chi connectivity index (χ1) is 8.75. The molecule has 1 saturated heterocycles. The van der Waals surface area contributed by atoms with Crippen molar-refractivity contribution in [2.24, 2.45) is 5.92 Å². The molecule has 0 aromatic carbocycles. The van der Waals surface area contributed by atoms with E-state index in [0.29, 0.717) is 0 Å².